The molecule has 2 atom stereocenters. The summed E-state index contributed by atoms with van der Waals surface area (Å²) in [6.45, 7) is 6.85. The number of benzene rings is 2. The molecule has 0 saturated carbocycles. The van der Waals surface area contributed by atoms with Crippen LogP contribution in [0.15, 0.2) is 48.5 Å². The van der Waals surface area contributed by atoms with Gasteiger partial charge in [-0.05, 0) is 51.0 Å². The SMILES string of the molecule is CCCCCCCCCCCCCOC(=O)c1ccccc1C(=O)OC(C)S(=O)(=O)[O-].CCCCCCCCCCCCCOC(=O)c1ccccc1C(=O)OC(C)S(=O)(=O)[O-].[Ca+2]. The van der Waals surface area contributed by atoms with Crippen molar-refractivity contribution in [3.63, 3.8) is 0 Å². The van der Waals surface area contributed by atoms with Gasteiger partial charge in [-0.25, -0.2) is 36.0 Å². The molecular formula is C46H70CaO14S2. The number of hydrogen-bond donors (Lipinski definition) is 0. The Morgan fingerprint density at radius 1 is 0.429 bits per heavy atom. The van der Waals surface area contributed by atoms with Crippen LogP contribution in [0.1, 0.15) is 210 Å². The fourth-order valence-corrected chi connectivity index (χ4v) is 6.65. The summed E-state index contributed by atoms with van der Waals surface area (Å²) in [5.41, 5.74) is -4.01. The first-order valence-electron chi connectivity index (χ1n) is 22.4. The molecule has 0 N–H and O–H groups in total. The maximum absolute atomic E-state index is 12.3. The second-order valence-corrected chi connectivity index (χ2v) is 18.7. The van der Waals surface area contributed by atoms with Crippen molar-refractivity contribution in [2.75, 3.05) is 13.2 Å². The van der Waals surface area contributed by atoms with Crippen LogP contribution >= 0.6 is 0 Å². The van der Waals surface area contributed by atoms with Crippen molar-refractivity contribution in [2.45, 2.75) is 180 Å². The van der Waals surface area contributed by atoms with Crippen molar-refractivity contribution >= 4 is 81.9 Å². The summed E-state index contributed by atoms with van der Waals surface area (Å²) in [7, 11) is -9.57. The largest absolute Gasteiger partial charge is 2.00 e. The first kappa shape index (κ1) is 60.4. The molecule has 14 nitrogen and oxygen atoms in total. The smallest absolute Gasteiger partial charge is 0.745 e. The number of carbonyl (C=O) groups is 4. The van der Waals surface area contributed by atoms with E-state index in [0.29, 0.717) is 0 Å². The van der Waals surface area contributed by atoms with E-state index in [1.807, 2.05) is 0 Å². The van der Waals surface area contributed by atoms with Crippen molar-refractivity contribution in [3.8, 4) is 0 Å². The van der Waals surface area contributed by atoms with Gasteiger partial charge in [0.15, 0.2) is 10.9 Å². The van der Waals surface area contributed by atoms with Gasteiger partial charge in [0.2, 0.25) is 0 Å². The first-order valence-corrected chi connectivity index (χ1v) is 25.3. The molecule has 2 aromatic rings. The van der Waals surface area contributed by atoms with Gasteiger partial charge in [-0.15, -0.1) is 0 Å². The van der Waals surface area contributed by atoms with Crippen LogP contribution in [0.5, 0.6) is 0 Å². The summed E-state index contributed by atoms with van der Waals surface area (Å²) in [6, 6.07) is 11.6. The summed E-state index contributed by atoms with van der Waals surface area (Å²) in [5.74, 6) is -3.49. The quantitative estimate of drug-likeness (QED) is 0.0219. The molecule has 352 valence electrons. The van der Waals surface area contributed by atoms with E-state index in [4.69, 9.17) is 9.47 Å². The zero-order chi connectivity index (χ0) is 46.2. The van der Waals surface area contributed by atoms with Gasteiger partial charge in [0.05, 0.1) is 35.5 Å². The van der Waals surface area contributed by atoms with Gasteiger partial charge in [-0.1, -0.05) is 167 Å². The third-order valence-corrected chi connectivity index (χ3v) is 11.9. The molecule has 0 radical (unpaired) electrons. The van der Waals surface area contributed by atoms with Crippen LogP contribution in [-0.2, 0) is 39.2 Å². The number of carbonyl (C=O) groups excluding carboxylic acids is 4. The Hall–Kier alpha value is -2.60. The number of hydrogen-bond acceptors (Lipinski definition) is 14. The average Bonchev–Trinajstić information content (AvgIpc) is 3.23. The van der Waals surface area contributed by atoms with E-state index in [9.17, 15) is 45.1 Å². The molecule has 2 aromatic carbocycles. The Kier molecular flexibility index (Phi) is 34.2. The van der Waals surface area contributed by atoms with E-state index in [1.165, 1.54) is 139 Å². The van der Waals surface area contributed by atoms with Gasteiger partial charge in [0.1, 0.15) is 20.2 Å². The predicted octanol–water partition coefficient (Wildman–Crippen LogP) is 10.0. The first-order chi connectivity index (χ1) is 29.5. The molecule has 2 unspecified atom stereocenters. The minimum Gasteiger partial charge on any atom is -0.745 e. The third kappa shape index (κ3) is 28.1. The molecule has 0 aliphatic heterocycles. The van der Waals surface area contributed by atoms with Crippen molar-refractivity contribution in [1.29, 1.82) is 0 Å². The molecule has 0 spiro atoms. The van der Waals surface area contributed by atoms with E-state index in [0.717, 1.165) is 52.4 Å². The summed E-state index contributed by atoms with van der Waals surface area (Å²) >= 11 is 0. The molecule has 0 amide bonds. The van der Waals surface area contributed by atoms with Gasteiger partial charge in [-0.3, -0.25) is 0 Å². The zero-order valence-electron chi connectivity index (χ0n) is 38.0. The minimum absolute atomic E-state index is 0. The molecule has 63 heavy (non-hydrogen) atoms. The van der Waals surface area contributed by atoms with E-state index >= 15 is 0 Å². The van der Waals surface area contributed by atoms with Gasteiger partial charge in [0, 0.05) is 0 Å². The normalized spacial score (nSPS) is 12.2. The molecule has 0 fully saturated rings. The maximum Gasteiger partial charge on any atom is 2.00 e. The summed E-state index contributed by atoms with van der Waals surface area (Å²) < 4.78 is 85.4. The number of rotatable bonds is 32. The Bertz CT molecular complexity index is 1690. The summed E-state index contributed by atoms with van der Waals surface area (Å²) in [5, 5.41) is 0. The standard InChI is InChI=1S/2C23H36O7S.Ca/c2*1-3-4-5-6-7-8-9-10-11-12-15-18-29-22(24)20-16-13-14-17-21(20)23(25)30-19(2)31(26,27)28;/h2*13-14,16-17,19H,3-12,15,18H2,1-2H3,(H,26,27,28);/q;;+2/p-2. The predicted molar refractivity (Wildman–Crippen MR) is 241 cm³/mol. The second-order valence-electron chi connectivity index (χ2n) is 15.4. The molecule has 17 heteroatoms. The topological polar surface area (TPSA) is 220 Å². The number of esters is 4. The molecule has 0 aliphatic rings. The minimum atomic E-state index is -4.78. The van der Waals surface area contributed by atoms with Crippen LogP contribution in [0.25, 0.3) is 0 Å². The van der Waals surface area contributed by atoms with Gasteiger partial charge < -0.3 is 28.1 Å². The monoisotopic (exact) mass is 950 g/mol. The molecular weight excluding hydrogens is 881 g/mol. The van der Waals surface area contributed by atoms with Gasteiger partial charge in [0.25, 0.3) is 0 Å². The van der Waals surface area contributed by atoms with Crippen LogP contribution in [-0.4, -0.2) is 112 Å². The van der Waals surface area contributed by atoms with Crippen molar-refractivity contribution in [1.82, 2.24) is 0 Å². The zero-order valence-corrected chi connectivity index (χ0v) is 41.8. The Balaban J connectivity index is 0.00000120. The second kappa shape index (κ2) is 35.6. The van der Waals surface area contributed by atoms with Crippen molar-refractivity contribution in [3.05, 3.63) is 70.8 Å². The van der Waals surface area contributed by atoms with Crippen LogP contribution < -0.4 is 0 Å². The number of unbranched alkanes of at least 4 members (excludes halogenated alkanes) is 20. The molecule has 0 aliphatic carbocycles. The fraction of sp³-hybridized carbons (Fsp3) is 0.652. The number of ether oxygens (including phenoxy) is 4. The summed E-state index contributed by atoms with van der Waals surface area (Å²) in [6.07, 6.45) is 26.1. The molecule has 0 heterocycles. The maximum atomic E-state index is 12.3. The van der Waals surface area contributed by atoms with Crippen molar-refractivity contribution < 1.29 is 64.1 Å². The van der Waals surface area contributed by atoms with Crippen LogP contribution in [0.4, 0.5) is 0 Å². The van der Waals surface area contributed by atoms with E-state index in [1.54, 1.807) is 12.1 Å². The van der Waals surface area contributed by atoms with Crippen molar-refractivity contribution in [2.24, 2.45) is 0 Å². The van der Waals surface area contributed by atoms with E-state index in [2.05, 4.69) is 23.3 Å². The van der Waals surface area contributed by atoms with Crippen LogP contribution in [0, 0.1) is 0 Å². The summed E-state index contributed by atoms with van der Waals surface area (Å²) in [4.78, 5) is 49.0. The van der Waals surface area contributed by atoms with E-state index < -0.39 is 55.0 Å². The van der Waals surface area contributed by atoms with Crippen LogP contribution in [0.3, 0.4) is 0 Å². The molecule has 2 rings (SSSR count). The molecule has 0 bridgehead atoms. The van der Waals surface area contributed by atoms with Crippen LogP contribution in [0.2, 0.25) is 0 Å². The fourth-order valence-electron chi connectivity index (χ4n) is 6.24. The molecule has 0 saturated heterocycles. The Morgan fingerprint density at radius 3 is 0.889 bits per heavy atom. The Morgan fingerprint density at radius 2 is 0.651 bits per heavy atom. The van der Waals surface area contributed by atoms with Gasteiger partial charge in [-0.2, -0.15) is 0 Å². The third-order valence-electron chi connectivity index (χ3n) is 10.1. The van der Waals surface area contributed by atoms with Gasteiger partial charge >= 0.3 is 61.6 Å². The average molecular weight is 951 g/mol. The molecule has 0 aromatic heterocycles. The Labute approximate surface area is 406 Å². The van der Waals surface area contributed by atoms with E-state index in [-0.39, 0.29) is 73.2 Å².